The Bertz CT molecular complexity index is 287. The van der Waals surface area contributed by atoms with E-state index in [1.807, 2.05) is 0 Å². The van der Waals surface area contributed by atoms with Gasteiger partial charge in [0.25, 0.3) is 0 Å². The molecule has 0 aliphatic carbocycles. The molecule has 0 aliphatic rings. The Labute approximate surface area is 227 Å². The quantitative estimate of drug-likeness (QED) is 0.0742. The first-order valence-corrected chi connectivity index (χ1v) is 23.8. The fourth-order valence-corrected chi connectivity index (χ4v) is 15.6. The van der Waals surface area contributed by atoms with Crippen molar-refractivity contribution in [2.75, 3.05) is 0 Å². The summed E-state index contributed by atoms with van der Waals surface area (Å²) in [5, 5.41) is 0. The number of unbranched alkanes of at least 4 members (excludes halogenated alkanes) is 24. The van der Waals surface area contributed by atoms with Crippen LogP contribution in [-0.4, -0.2) is 21.4 Å². The van der Waals surface area contributed by atoms with Crippen molar-refractivity contribution in [3.63, 3.8) is 0 Å². The molecular formula is C33H69In. The molecular weight excluding hydrogens is 511 g/mol. The van der Waals surface area contributed by atoms with Crippen molar-refractivity contribution in [2.24, 2.45) is 0 Å². The van der Waals surface area contributed by atoms with Gasteiger partial charge in [0, 0.05) is 0 Å². The molecule has 0 radical (unpaired) electrons. The SMILES string of the molecule is CCCCCCCCCC[CH2][In]([CH2]CCCCCCCCCC)[CH2]CCCCCCCCCC. The Morgan fingerprint density at radius 1 is 0.235 bits per heavy atom. The second-order valence-corrected chi connectivity index (χ2v) is 21.6. The van der Waals surface area contributed by atoms with Crippen LogP contribution in [0.3, 0.4) is 0 Å². The molecule has 0 aliphatic heterocycles. The minimum absolute atomic E-state index is 1.22. The molecule has 0 saturated carbocycles. The van der Waals surface area contributed by atoms with Crippen LogP contribution >= 0.6 is 0 Å². The Morgan fingerprint density at radius 2 is 0.412 bits per heavy atom. The molecule has 0 aromatic carbocycles. The van der Waals surface area contributed by atoms with E-state index in [1.165, 1.54) is 135 Å². The molecule has 0 atom stereocenters. The summed E-state index contributed by atoms with van der Waals surface area (Å²) in [6, 6.07) is 0. The van der Waals surface area contributed by atoms with E-state index >= 15 is 0 Å². The summed E-state index contributed by atoms with van der Waals surface area (Å²) in [7, 11) is 0. The zero-order chi connectivity index (χ0) is 24.8. The van der Waals surface area contributed by atoms with Crippen molar-refractivity contribution in [3.05, 3.63) is 0 Å². The van der Waals surface area contributed by atoms with Gasteiger partial charge in [0.1, 0.15) is 0 Å². The van der Waals surface area contributed by atoms with Crippen molar-refractivity contribution >= 4 is 21.4 Å². The molecule has 0 aromatic rings. The van der Waals surface area contributed by atoms with Gasteiger partial charge in [-0.3, -0.25) is 0 Å². The molecule has 0 rings (SSSR count). The molecule has 0 saturated heterocycles. The van der Waals surface area contributed by atoms with Gasteiger partial charge >= 0.3 is 228 Å². The Hall–Kier alpha value is 0.870. The Morgan fingerprint density at radius 3 is 0.618 bits per heavy atom. The summed E-state index contributed by atoms with van der Waals surface area (Å²) in [5.74, 6) is 0. The molecule has 0 heterocycles. The van der Waals surface area contributed by atoms with E-state index in [1.54, 1.807) is 51.1 Å². The maximum absolute atomic E-state index is 2.32. The maximum atomic E-state index is 2.32. The van der Waals surface area contributed by atoms with Crippen LogP contribution < -0.4 is 0 Å². The fourth-order valence-electron chi connectivity index (χ4n) is 5.66. The molecule has 0 aromatic heterocycles. The second-order valence-electron chi connectivity index (χ2n) is 11.7. The van der Waals surface area contributed by atoms with Crippen LogP contribution in [0, 0.1) is 0 Å². The van der Waals surface area contributed by atoms with Crippen LogP contribution in [-0.2, 0) is 0 Å². The molecule has 0 nitrogen and oxygen atoms in total. The summed E-state index contributed by atoms with van der Waals surface area (Å²) >= 11 is -1.22. The van der Waals surface area contributed by atoms with E-state index < -0.39 is 21.4 Å². The summed E-state index contributed by atoms with van der Waals surface area (Å²) in [4.78, 5) is 0. The van der Waals surface area contributed by atoms with Gasteiger partial charge in [-0.05, 0) is 0 Å². The summed E-state index contributed by atoms with van der Waals surface area (Å²) in [6.07, 6.45) is 40.5. The van der Waals surface area contributed by atoms with Gasteiger partial charge < -0.3 is 0 Å². The third-order valence-electron chi connectivity index (χ3n) is 8.15. The summed E-state index contributed by atoms with van der Waals surface area (Å²) in [6.45, 7) is 6.97. The van der Waals surface area contributed by atoms with E-state index in [0.717, 1.165) is 0 Å². The van der Waals surface area contributed by atoms with Crippen LogP contribution in [0.5, 0.6) is 0 Å². The number of rotatable bonds is 30. The molecule has 0 bridgehead atoms. The standard InChI is InChI=1S/3C11H23.In/c3*1-3-5-7-9-11-10-8-6-4-2;/h3*1,3-11H2,2H3;. The number of hydrogen-bond acceptors (Lipinski definition) is 0. The molecule has 1 heteroatoms. The third kappa shape index (κ3) is 29.1. The van der Waals surface area contributed by atoms with Gasteiger partial charge in [0.05, 0.1) is 0 Å². The molecule has 0 spiro atoms. The predicted octanol–water partition coefficient (Wildman–Crippen LogP) is 13.1. The van der Waals surface area contributed by atoms with E-state index in [-0.39, 0.29) is 0 Å². The van der Waals surface area contributed by atoms with Gasteiger partial charge in [0.2, 0.25) is 0 Å². The molecule has 204 valence electrons. The van der Waals surface area contributed by atoms with Crippen molar-refractivity contribution in [2.45, 2.75) is 207 Å². The first-order chi connectivity index (χ1) is 16.8. The molecule has 0 amide bonds. The van der Waals surface area contributed by atoms with Gasteiger partial charge in [0.15, 0.2) is 0 Å². The van der Waals surface area contributed by atoms with Crippen LogP contribution in [0.4, 0.5) is 0 Å². The van der Waals surface area contributed by atoms with Gasteiger partial charge in [-0.25, -0.2) is 0 Å². The zero-order valence-electron chi connectivity index (χ0n) is 24.8. The molecule has 0 N–H and O–H groups in total. The molecule has 34 heavy (non-hydrogen) atoms. The Kier molecular flexibility index (Phi) is 32.7. The first kappa shape index (κ1) is 34.9. The minimum atomic E-state index is -1.22. The predicted molar refractivity (Wildman–Crippen MR) is 162 cm³/mol. The van der Waals surface area contributed by atoms with Crippen LogP contribution in [0.2, 0.25) is 12.5 Å². The van der Waals surface area contributed by atoms with E-state index in [4.69, 9.17) is 0 Å². The Balaban J connectivity index is 3.85. The third-order valence-corrected chi connectivity index (χ3v) is 18.6. The zero-order valence-corrected chi connectivity index (χ0v) is 28.1. The average Bonchev–Trinajstić information content (AvgIpc) is 2.85. The van der Waals surface area contributed by atoms with E-state index in [9.17, 15) is 0 Å². The normalized spacial score (nSPS) is 11.4. The van der Waals surface area contributed by atoms with Crippen molar-refractivity contribution < 1.29 is 0 Å². The molecule has 0 unspecified atom stereocenters. The van der Waals surface area contributed by atoms with Crippen LogP contribution in [0.25, 0.3) is 0 Å². The summed E-state index contributed by atoms with van der Waals surface area (Å²) < 4.78 is 5.22. The fraction of sp³-hybridized carbons (Fsp3) is 1.00. The topological polar surface area (TPSA) is 0 Å². The molecule has 0 fully saturated rings. The van der Waals surface area contributed by atoms with Crippen LogP contribution in [0.15, 0.2) is 0 Å². The average molecular weight is 581 g/mol. The van der Waals surface area contributed by atoms with E-state index in [2.05, 4.69) is 20.8 Å². The summed E-state index contributed by atoms with van der Waals surface area (Å²) in [5.41, 5.74) is 0. The van der Waals surface area contributed by atoms with Gasteiger partial charge in [-0.1, -0.05) is 0 Å². The van der Waals surface area contributed by atoms with Crippen molar-refractivity contribution in [1.29, 1.82) is 0 Å². The first-order valence-electron chi connectivity index (χ1n) is 16.8. The number of hydrogen-bond donors (Lipinski definition) is 0. The van der Waals surface area contributed by atoms with Gasteiger partial charge in [-0.15, -0.1) is 0 Å². The second kappa shape index (κ2) is 31.9. The van der Waals surface area contributed by atoms with Crippen molar-refractivity contribution in [3.8, 4) is 0 Å². The van der Waals surface area contributed by atoms with Gasteiger partial charge in [-0.2, -0.15) is 0 Å². The monoisotopic (exact) mass is 580 g/mol. The van der Waals surface area contributed by atoms with Crippen LogP contribution in [0.1, 0.15) is 194 Å². The van der Waals surface area contributed by atoms with E-state index in [0.29, 0.717) is 0 Å². The van der Waals surface area contributed by atoms with Crippen molar-refractivity contribution in [1.82, 2.24) is 0 Å².